The molecule has 12 nitrogen and oxygen atoms in total. The van der Waals surface area contributed by atoms with Gasteiger partial charge in [0.2, 0.25) is 0 Å². The molecule has 2 N–H and O–H groups in total. The zero-order valence-electron chi connectivity index (χ0n) is 33.6. The molecule has 0 aliphatic carbocycles. The van der Waals surface area contributed by atoms with E-state index in [1.54, 1.807) is 47.2 Å². The Bertz CT molecular complexity index is 2570. The van der Waals surface area contributed by atoms with Gasteiger partial charge < -0.3 is 38.8 Å². The predicted molar refractivity (Wildman–Crippen MR) is 226 cm³/mol. The van der Waals surface area contributed by atoms with Gasteiger partial charge in [-0.1, -0.05) is 36.4 Å². The Morgan fingerprint density at radius 3 is 2.44 bits per heavy atom. The molecule has 1 saturated heterocycles. The Morgan fingerprint density at radius 2 is 1.64 bits per heavy atom. The first kappa shape index (κ1) is 38.2. The number of hydrogen-bond acceptors (Lipinski definition) is 7. The second-order valence-electron chi connectivity index (χ2n) is 15.8. The van der Waals surface area contributed by atoms with E-state index < -0.39 is 6.09 Å². The molecule has 0 radical (unpaired) electrons. The second-order valence-corrected chi connectivity index (χ2v) is 15.8. The summed E-state index contributed by atoms with van der Waals surface area (Å²) < 4.78 is 13.6. The molecule has 1 atom stereocenters. The number of aromatic nitrogens is 2. The van der Waals surface area contributed by atoms with Crippen molar-refractivity contribution in [2.75, 3.05) is 51.3 Å². The molecule has 0 spiro atoms. The van der Waals surface area contributed by atoms with Crippen molar-refractivity contribution in [1.82, 2.24) is 24.3 Å². The lowest BCUT2D eigenvalue weighted by molar-refractivity contribution is 0.0193. The zero-order chi connectivity index (χ0) is 40.8. The number of phenolic OH excluding ortho intramolecular Hbond substituents is 1. The van der Waals surface area contributed by atoms with Crippen LogP contribution in [-0.4, -0.2) is 99.7 Å². The van der Waals surface area contributed by atoms with E-state index in [4.69, 9.17) is 9.47 Å². The Hall–Kier alpha value is -6.37. The number of hydrogen-bond donors (Lipinski definition) is 2. The van der Waals surface area contributed by atoms with E-state index in [1.807, 2.05) is 66.0 Å². The fourth-order valence-electron chi connectivity index (χ4n) is 8.83. The lowest BCUT2D eigenvalue weighted by Crippen LogP contribution is -2.52. The Balaban J connectivity index is 1.10. The molecule has 302 valence electrons. The minimum absolute atomic E-state index is 0.0761. The lowest BCUT2D eigenvalue weighted by atomic mass is 9.89. The van der Waals surface area contributed by atoms with Crippen LogP contribution in [0.4, 0.5) is 10.5 Å². The summed E-state index contributed by atoms with van der Waals surface area (Å²) in [5.74, 6) is 0.285. The number of aromatic amines is 1. The molecule has 0 bridgehead atoms. The third-order valence-corrected chi connectivity index (χ3v) is 12.4. The third-order valence-electron chi connectivity index (χ3n) is 12.4. The summed E-state index contributed by atoms with van der Waals surface area (Å²) in [6.07, 6.45) is 2.67. The van der Waals surface area contributed by atoms with Crippen molar-refractivity contribution in [3.63, 3.8) is 0 Å². The van der Waals surface area contributed by atoms with Crippen LogP contribution in [0.5, 0.6) is 11.5 Å². The van der Waals surface area contributed by atoms with E-state index in [0.29, 0.717) is 55.3 Å². The third kappa shape index (κ3) is 7.34. The number of rotatable bonds is 7. The maximum Gasteiger partial charge on any atom is 0.415 e. The van der Waals surface area contributed by atoms with Crippen molar-refractivity contribution in [3.8, 4) is 22.8 Å². The van der Waals surface area contributed by atoms with Crippen molar-refractivity contribution >= 4 is 34.5 Å². The smallest absolute Gasteiger partial charge is 0.415 e. The maximum atomic E-state index is 15.4. The highest BCUT2D eigenvalue weighted by Crippen LogP contribution is 2.36. The van der Waals surface area contributed by atoms with Gasteiger partial charge in [0, 0.05) is 99.2 Å². The van der Waals surface area contributed by atoms with Gasteiger partial charge in [-0.05, 0) is 96.6 Å². The number of carbonyl (C=O) groups is 3. The van der Waals surface area contributed by atoms with E-state index in [1.165, 1.54) is 5.56 Å². The molecule has 12 heteroatoms. The van der Waals surface area contributed by atoms with Gasteiger partial charge in [0.25, 0.3) is 11.8 Å². The zero-order valence-corrected chi connectivity index (χ0v) is 33.6. The largest absolute Gasteiger partial charge is 0.508 e. The van der Waals surface area contributed by atoms with Gasteiger partial charge in [0.15, 0.2) is 5.75 Å². The quantitative estimate of drug-likeness (QED) is 0.180. The molecular formula is C47H48N6O6. The highest BCUT2D eigenvalue weighted by molar-refractivity contribution is 6.08. The maximum absolute atomic E-state index is 15.4. The first-order valence-corrected chi connectivity index (χ1v) is 20.2. The summed E-state index contributed by atoms with van der Waals surface area (Å²) >= 11 is 0. The van der Waals surface area contributed by atoms with Gasteiger partial charge in [0.1, 0.15) is 5.75 Å². The predicted octanol–water partition coefficient (Wildman–Crippen LogP) is 6.92. The van der Waals surface area contributed by atoms with Gasteiger partial charge in [-0.15, -0.1) is 0 Å². The molecule has 5 heterocycles. The summed E-state index contributed by atoms with van der Waals surface area (Å²) in [5.41, 5.74) is 8.99. The van der Waals surface area contributed by atoms with Crippen molar-refractivity contribution < 1.29 is 29.0 Å². The fraction of sp³-hybridized carbons (Fsp3) is 0.298. The van der Waals surface area contributed by atoms with Crippen molar-refractivity contribution in [2.24, 2.45) is 7.05 Å². The number of H-pyrrole nitrogens is 1. The molecule has 1 fully saturated rings. The van der Waals surface area contributed by atoms with Crippen molar-refractivity contribution in [2.45, 2.75) is 38.9 Å². The highest BCUT2D eigenvalue weighted by Gasteiger charge is 2.35. The molecule has 3 aliphatic rings. The summed E-state index contributed by atoms with van der Waals surface area (Å²) in [7, 11) is 3.64. The van der Waals surface area contributed by atoms with Crippen LogP contribution in [0.2, 0.25) is 0 Å². The summed E-state index contributed by atoms with van der Waals surface area (Å²) in [4.78, 5) is 54.1. The normalized spacial score (nSPS) is 16.8. The minimum Gasteiger partial charge on any atom is -0.508 e. The molecule has 4 aromatic carbocycles. The Morgan fingerprint density at radius 1 is 0.864 bits per heavy atom. The minimum atomic E-state index is -0.452. The van der Waals surface area contributed by atoms with Crippen LogP contribution in [0.3, 0.4) is 0 Å². The lowest BCUT2D eigenvalue weighted by Gasteiger charge is -2.41. The number of amides is 3. The Kier molecular flexibility index (Phi) is 10.2. The Labute approximate surface area is 343 Å². The SMILES string of the molecule is Cc1c(C(=O)N(C)c2ccc(O)cc2)cc(-c2cc3c(cc2C(=O)N2Cc4ccccc4C[C@H]2CN2CCOCC2)CN(C(=O)Oc2cccc4cc[nH]c24)CC3)n1C. The van der Waals surface area contributed by atoms with E-state index in [9.17, 15) is 14.7 Å². The molecule has 3 amide bonds. The highest BCUT2D eigenvalue weighted by atomic mass is 16.6. The monoisotopic (exact) mass is 792 g/mol. The average molecular weight is 793 g/mol. The van der Waals surface area contributed by atoms with Crippen LogP contribution in [-0.2, 0) is 37.7 Å². The standard InChI is InChI=1S/C47H48N6O6/c1-30-39(45(55)50(3)36-11-13-38(54)14-12-36)26-42(49(30)2)40-24-33-16-18-52(47(57)59-43-10-6-9-31-15-17-48-44(31)43)27-35(33)25-41(40)46(56)53-28-34-8-5-4-7-32(34)23-37(53)29-51-19-21-58-22-20-51/h4-15,17,24-26,37,48,54H,16,18-23,27-29H2,1-3H3/t37-/m0/s1. The number of para-hydroxylation sites is 1. The molecule has 0 unspecified atom stereocenters. The van der Waals surface area contributed by atoms with Crippen LogP contribution < -0.4 is 9.64 Å². The van der Waals surface area contributed by atoms with Crippen molar-refractivity contribution in [3.05, 3.63) is 136 Å². The molecule has 6 aromatic rings. The van der Waals surface area contributed by atoms with Crippen LogP contribution in [0.25, 0.3) is 22.2 Å². The van der Waals surface area contributed by atoms with Crippen LogP contribution >= 0.6 is 0 Å². The molecule has 9 rings (SSSR count). The molecule has 59 heavy (non-hydrogen) atoms. The van der Waals surface area contributed by atoms with Crippen LogP contribution in [0.1, 0.15) is 48.7 Å². The van der Waals surface area contributed by atoms with Gasteiger partial charge in [-0.2, -0.15) is 0 Å². The average Bonchev–Trinajstić information content (AvgIpc) is 3.87. The summed E-state index contributed by atoms with van der Waals surface area (Å²) in [5, 5.41) is 10.8. The topological polar surface area (TPSA) is 124 Å². The number of phenols is 1. The molecule has 0 saturated carbocycles. The van der Waals surface area contributed by atoms with E-state index in [0.717, 1.165) is 70.6 Å². The number of carbonyl (C=O) groups excluding carboxylic acids is 3. The number of anilines is 1. The van der Waals surface area contributed by atoms with Gasteiger partial charge >= 0.3 is 6.09 Å². The number of fused-ring (bicyclic) bond motifs is 3. The number of nitrogens with one attached hydrogen (secondary N) is 1. The fourth-order valence-corrected chi connectivity index (χ4v) is 8.83. The second kappa shape index (κ2) is 15.8. The number of benzene rings is 4. The number of aromatic hydroxyl groups is 1. The molecular weight excluding hydrogens is 745 g/mol. The van der Waals surface area contributed by atoms with Crippen LogP contribution in [0.15, 0.2) is 97.2 Å². The van der Waals surface area contributed by atoms with E-state index in [-0.39, 0.29) is 30.2 Å². The van der Waals surface area contributed by atoms with Gasteiger partial charge in [-0.3, -0.25) is 14.5 Å². The van der Waals surface area contributed by atoms with Crippen molar-refractivity contribution in [1.29, 1.82) is 0 Å². The first-order chi connectivity index (χ1) is 28.6. The first-order valence-electron chi connectivity index (χ1n) is 20.2. The van der Waals surface area contributed by atoms with E-state index in [2.05, 4.69) is 34.1 Å². The number of nitrogens with zero attached hydrogens (tertiary/aromatic N) is 5. The summed E-state index contributed by atoms with van der Waals surface area (Å²) in [6, 6.07) is 28.3. The molecule has 3 aliphatic heterocycles. The van der Waals surface area contributed by atoms with Gasteiger partial charge in [-0.25, -0.2) is 4.79 Å². The van der Waals surface area contributed by atoms with E-state index >= 15 is 4.79 Å². The summed E-state index contributed by atoms with van der Waals surface area (Å²) in [6.45, 7) is 6.79. The molecule has 2 aromatic heterocycles. The number of ether oxygens (including phenoxy) is 2. The van der Waals surface area contributed by atoms with Gasteiger partial charge in [0.05, 0.1) is 24.3 Å². The number of morpholine rings is 1. The van der Waals surface area contributed by atoms with Crippen LogP contribution in [0, 0.1) is 6.92 Å².